The minimum absolute atomic E-state index is 0.0919. The lowest BCUT2D eigenvalue weighted by Crippen LogP contribution is -2.31. The van der Waals surface area contributed by atoms with E-state index in [9.17, 15) is 9.59 Å². The van der Waals surface area contributed by atoms with E-state index in [1.54, 1.807) is 27.7 Å². The number of ether oxygens (including phenoxy) is 2. The van der Waals surface area contributed by atoms with Gasteiger partial charge in [-0.3, -0.25) is 9.59 Å². The van der Waals surface area contributed by atoms with Crippen LogP contribution in [0.1, 0.15) is 67.2 Å². The normalized spacial score (nSPS) is 13.2. The van der Waals surface area contributed by atoms with Gasteiger partial charge < -0.3 is 9.47 Å². The van der Waals surface area contributed by atoms with Crippen molar-refractivity contribution < 1.29 is 19.1 Å². The van der Waals surface area contributed by atoms with E-state index in [2.05, 4.69) is 0 Å². The summed E-state index contributed by atoms with van der Waals surface area (Å²) in [4.78, 5) is 23.6. The van der Waals surface area contributed by atoms with Crippen LogP contribution in [0.5, 0.6) is 0 Å². The molecule has 0 rings (SSSR count). The fourth-order valence-electron chi connectivity index (χ4n) is 1.69. The van der Waals surface area contributed by atoms with Crippen LogP contribution in [-0.2, 0) is 19.1 Å². The van der Waals surface area contributed by atoms with Crippen LogP contribution >= 0.6 is 0 Å². The fraction of sp³-hybridized carbons (Fsp3) is 0.867. The van der Waals surface area contributed by atoms with E-state index in [0.717, 1.165) is 25.7 Å². The summed E-state index contributed by atoms with van der Waals surface area (Å²) in [6.07, 6.45) is 2.68. The van der Waals surface area contributed by atoms with E-state index in [0.29, 0.717) is 0 Å². The third kappa shape index (κ3) is 7.19. The van der Waals surface area contributed by atoms with Gasteiger partial charge in [-0.1, -0.05) is 26.7 Å². The predicted octanol–water partition coefficient (Wildman–Crippen LogP) is 3.68. The average Bonchev–Trinajstić information content (AvgIpc) is 2.27. The van der Waals surface area contributed by atoms with Gasteiger partial charge in [-0.05, 0) is 33.6 Å². The van der Waals surface area contributed by atoms with Gasteiger partial charge in [0, 0.05) is 6.92 Å². The van der Waals surface area contributed by atoms with Crippen LogP contribution < -0.4 is 0 Å². The SMILES string of the molecule is CCCC(CCC)C(=O)OC(C)OC(=O)C(C)(C)C. The first-order chi connectivity index (χ1) is 8.72. The number of carbonyl (C=O) groups is 2. The van der Waals surface area contributed by atoms with Crippen molar-refractivity contribution >= 4 is 11.9 Å². The molecule has 0 saturated carbocycles. The maximum Gasteiger partial charge on any atom is 0.314 e. The van der Waals surface area contributed by atoms with Crippen molar-refractivity contribution in [2.45, 2.75) is 73.5 Å². The molecule has 0 amide bonds. The summed E-state index contributed by atoms with van der Waals surface area (Å²) in [5.74, 6) is -0.723. The van der Waals surface area contributed by atoms with E-state index in [4.69, 9.17) is 9.47 Å². The van der Waals surface area contributed by atoms with Crippen molar-refractivity contribution in [1.29, 1.82) is 0 Å². The minimum Gasteiger partial charge on any atom is -0.425 e. The van der Waals surface area contributed by atoms with Gasteiger partial charge in [-0.2, -0.15) is 0 Å². The monoisotopic (exact) mass is 272 g/mol. The molecule has 0 aromatic rings. The smallest absolute Gasteiger partial charge is 0.314 e. The molecular weight excluding hydrogens is 244 g/mol. The second-order valence-electron chi connectivity index (χ2n) is 5.93. The molecule has 0 aliphatic rings. The number of hydrogen-bond donors (Lipinski definition) is 0. The van der Waals surface area contributed by atoms with Crippen LogP contribution in [-0.4, -0.2) is 18.2 Å². The highest BCUT2D eigenvalue weighted by Crippen LogP contribution is 2.19. The Morgan fingerprint density at radius 1 is 1.00 bits per heavy atom. The number of esters is 2. The van der Waals surface area contributed by atoms with Gasteiger partial charge in [0.05, 0.1) is 11.3 Å². The Hall–Kier alpha value is -1.06. The number of hydrogen-bond acceptors (Lipinski definition) is 4. The molecule has 0 heterocycles. The maximum atomic E-state index is 12.0. The Morgan fingerprint density at radius 3 is 1.84 bits per heavy atom. The first kappa shape index (κ1) is 17.9. The van der Waals surface area contributed by atoms with Crippen molar-refractivity contribution in [3.05, 3.63) is 0 Å². The topological polar surface area (TPSA) is 52.6 Å². The largest absolute Gasteiger partial charge is 0.425 e. The Kier molecular flexibility index (Phi) is 7.72. The Morgan fingerprint density at radius 2 is 1.47 bits per heavy atom. The second kappa shape index (κ2) is 8.18. The van der Waals surface area contributed by atoms with Crippen LogP contribution in [0, 0.1) is 11.3 Å². The molecule has 19 heavy (non-hydrogen) atoms. The van der Waals surface area contributed by atoms with Gasteiger partial charge in [0.25, 0.3) is 0 Å². The third-order valence-corrected chi connectivity index (χ3v) is 2.78. The molecule has 0 aromatic carbocycles. The molecule has 4 nitrogen and oxygen atoms in total. The Balaban J connectivity index is 4.34. The molecule has 0 aromatic heterocycles. The lowest BCUT2D eigenvalue weighted by atomic mass is 9.97. The first-order valence-corrected chi connectivity index (χ1v) is 7.13. The molecule has 1 atom stereocenters. The zero-order valence-electron chi connectivity index (χ0n) is 13.1. The van der Waals surface area contributed by atoms with E-state index in [1.165, 1.54) is 0 Å². The van der Waals surface area contributed by atoms with E-state index in [-0.39, 0.29) is 17.9 Å². The number of rotatable bonds is 7. The summed E-state index contributed by atoms with van der Waals surface area (Å²) >= 11 is 0. The summed E-state index contributed by atoms with van der Waals surface area (Å²) in [5, 5.41) is 0. The van der Waals surface area contributed by atoms with Gasteiger partial charge in [0.2, 0.25) is 6.29 Å². The zero-order valence-corrected chi connectivity index (χ0v) is 13.1. The van der Waals surface area contributed by atoms with E-state index in [1.807, 2.05) is 13.8 Å². The minimum atomic E-state index is -0.824. The van der Waals surface area contributed by atoms with Crippen LogP contribution in [0.2, 0.25) is 0 Å². The summed E-state index contributed by atoms with van der Waals surface area (Å²) < 4.78 is 10.3. The van der Waals surface area contributed by atoms with Gasteiger partial charge in [-0.15, -0.1) is 0 Å². The van der Waals surface area contributed by atoms with Crippen molar-refractivity contribution in [1.82, 2.24) is 0 Å². The van der Waals surface area contributed by atoms with Crippen molar-refractivity contribution in [3.63, 3.8) is 0 Å². The zero-order chi connectivity index (χ0) is 15.1. The van der Waals surface area contributed by atoms with Crippen LogP contribution in [0.15, 0.2) is 0 Å². The second-order valence-corrected chi connectivity index (χ2v) is 5.93. The molecule has 0 aliphatic heterocycles. The van der Waals surface area contributed by atoms with E-state index < -0.39 is 11.7 Å². The van der Waals surface area contributed by atoms with Gasteiger partial charge >= 0.3 is 11.9 Å². The highest BCUT2D eigenvalue weighted by Gasteiger charge is 2.27. The summed E-state index contributed by atoms with van der Waals surface area (Å²) in [5.41, 5.74) is -0.590. The Labute approximate surface area is 116 Å². The van der Waals surface area contributed by atoms with Crippen LogP contribution in [0.25, 0.3) is 0 Å². The van der Waals surface area contributed by atoms with Crippen molar-refractivity contribution in [2.75, 3.05) is 0 Å². The summed E-state index contributed by atoms with van der Waals surface area (Å²) in [6.45, 7) is 11.0. The van der Waals surface area contributed by atoms with Crippen molar-refractivity contribution in [2.24, 2.45) is 11.3 Å². The van der Waals surface area contributed by atoms with Crippen LogP contribution in [0.3, 0.4) is 0 Å². The molecule has 0 N–H and O–H groups in total. The lowest BCUT2D eigenvalue weighted by Gasteiger charge is -2.22. The standard InChI is InChI=1S/C15H28O4/c1-7-9-12(10-8-2)13(16)18-11(3)19-14(17)15(4,5)6/h11-12H,7-10H2,1-6H3. The van der Waals surface area contributed by atoms with Gasteiger partial charge in [0.1, 0.15) is 0 Å². The van der Waals surface area contributed by atoms with E-state index >= 15 is 0 Å². The third-order valence-electron chi connectivity index (χ3n) is 2.78. The first-order valence-electron chi connectivity index (χ1n) is 7.13. The maximum absolute atomic E-state index is 12.0. The predicted molar refractivity (Wildman–Crippen MR) is 74.4 cm³/mol. The molecule has 0 spiro atoms. The molecule has 0 radical (unpaired) electrons. The molecule has 1 unspecified atom stereocenters. The fourth-order valence-corrected chi connectivity index (χ4v) is 1.69. The van der Waals surface area contributed by atoms with Gasteiger partial charge in [0.15, 0.2) is 0 Å². The molecule has 0 fully saturated rings. The molecule has 0 bridgehead atoms. The lowest BCUT2D eigenvalue weighted by molar-refractivity contribution is -0.193. The van der Waals surface area contributed by atoms with Gasteiger partial charge in [-0.25, -0.2) is 0 Å². The highest BCUT2D eigenvalue weighted by atomic mass is 16.7. The number of carbonyl (C=O) groups excluding carboxylic acids is 2. The molecule has 0 saturated heterocycles. The summed E-state index contributed by atoms with van der Waals surface area (Å²) in [6, 6.07) is 0. The molecule has 0 aliphatic carbocycles. The van der Waals surface area contributed by atoms with Crippen LogP contribution in [0.4, 0.5) is 0 Å². The highest BCUT2D eigenvalue weighted by molar-refractivity contribution is 5.76. The molecule has 112 valence electrons. The molecular formula is C15H28O4. The quantitative estimate of drug-likeness (QED) is 0.524. The Bertz CT molecular complexity index is 285. The summed E-state index contributed by atoms with van der Waals surface area (Å²) in [7, 11) is 0. The molecule has 4 heteroatoms. The van der Waals surface area contributed by atoms with Crippen molar-refractivity contribution in [3.8, 4) is 0 Å². The average molecular weight is 272 g/mol.